The van der Waals surface area contributed by atoms with Crippen molar-refractivity contribution in [2.45, 2.75) is 57.8 Å². The van der Waals surface area contributed by atoms with Gasteiger partial charge in [0.1, 0.15) is 0 Å². The SMILES string of the molecule is CN(CCC1CCCC1)C(=O)C1CCC(CO)CC1. The fraction of sp³-hybridized carbons (Fsp3) is 0.938. The maximum Gasteiger partial charge on any atom is 0.225 e. The van der Waals surface area contributed by atoms with E-state index in [2.05, 4.69) is 0 Å². The average Bonchev–Trinajstić information content (AvgIpc) is 2.97. The highest BCUT2D eigenvalue weighted by Crippen LogP contribution is 2.30. The maximum atomic E-state index is 12.4. The van der Waals surface area contributed by atoms with Crippen molar-refractivity contribution >= 4 is 5.91 Å². The van der Waals surface area contributed by atoms with Crippen molar-refractivity contribution in [1.82, 2.24) is 4.90 Å². The summed E-state index contributed by atoms with van der Waals surface area (Å²) in [6.07, 6.45) is 10.7. The lowest BCUT2D eigenvalue weighted by atomic mass is 9.82. The van der Waals surface area contributed by atoms with Crippen LogP contribution in [0.25, 0.3) is 0 Å². The van der Waals surface area contributed by atoms with Crippen molar-refractivity contribution in [2.75, 3.05) is 20.2 Å². The summed E-state index contributed by atoms with van der Waals surface area (Å²) in [5.74, 6) is 1.86. The molecule has 110 valence electrons. The fourth-order valence-corrected chi connectivity index (χ4v) is 3.69. The van der Waals surface area contributed by atoms with Gasteiger partial charge in [-0.1, -0.05) is 25.7 Å². The molecule has 0 saturated heterocycles. The Labute approximate surface area is 117 Å². The van der Waals surface area contributed by atoms with Gasteiger partial charge in [0.15, 0.2) is 0 Å². The molecule has 2 fully saturated rings. The Kier molecular flexibility index (Phi) is 5.68. The average molecular weight is 267 g/mol. The summed E-state index contributed by atoms with van der Waals surface area (Å²) in [7, 11) is 1.97. The Bertz CT molecular complexity index is 278. The van der Waals surface area contributed by atoms with Gasteiger partial charge in [0.2, 0.25) is 5.91 Å². The van der Waals surface area contributed by atoms with Crippen LogP contribution in [0.4, 0.5) is 0 Å². The molecule has 0 spiro atoms. The van der Waals surface area contributed by atoms with Crippen LogP contribution < -0.4 is 0 Å². The molecule has 2 aliphatic carbocycles. The van der Waals surface area contributed by atoms with Crippen molar-refractivity contribution in [1.29, 1.82) is 0 Å². The molecule has 3 nitrogen and oxygen atoms in total. The van der Waals surface area contributed by atoms with Gasteiger partial charge in [-0.3, -0.25) is 4.79 Å². The summed E-state index contributed by atoms with van der Waals surface area (Å²) in [6.45, 7) is 1.22. The van der Waals surface area contributed by atoms with E-state index in [0.29, 0.717) is 18.4 Å². The second kappa shape index (κ2) is 7.28. The number of aliphatic hydroxyl groups excluding tert-OH is 1. The molecule has 0 unspecified atom stereocenters. The van der Waals surface area contributed by atoms with Crippen molar-refractivity contribution in [3.63, 3.8) is 0 Å². The lowest BCUT2D eigenvalue weighted by Crippen LogP contribution is -2.36. The van der Waals surface area contributed by atoms with Crippen LogP contribution in [0.3, 0.4) is 0 Å². The van der Waals surface area contributed by atoms with Crippen LogP contribution >= 0.6 is 0 Å². The van der Waals surface area contributed by atoms with Crippen molar-refractivity contribution in [2.24, 2.45) is 17.8 Å². The third kappa shape index (κ3) is 4.20. The topological polar surface area (TPSA) is 40.5 Å². The third-order valence-electron chi connectivity index (χ3n) is 5.18. The summed E-state index contributed by atoms with van der Waals surface area (Å²) in [6, 6.07) is 0. The van der Waals surface area contributed by atoms with Gasteiger partial charge in [-0.2, -0.15) is 0 Å². The van der Waals surface area contributed by atoms with E-state index in [1.54, 1.807) is 0 Å². The molecule has 0 aromatic rings. The Morgan fingerprint density at radius 3 is 2.26 bits per heavy atom. The normalized spacial score (nSPS) is 28.5. The third-order valence-corrected chi connectivity index (χ3v) is 5.18. The van der Waals surface area contributed by atoms with E-state index in [-0.39, 0.29) is 5.92 Å². The van der Waals surface area contributed by atoms with Gasteiger partial charge in [-0.15, -0.1) is 0 Å². The van der Waals surface area contributed by atoms with E-state index >= 15 is 0 Å². The van der Waals surface area contributed by atoms with E-state index < -0.39 is 0 Å². The smallest absolute Gasteiger partial charge is 0.225 e. The van der Waals surface area contributed by atoms with Gasteiger partial charge >= 0.3 is 0 Å². The Morgan fingerprint density at radius 1 is 1.05 bits per heavy atom. The highest BCUT2D eigenvalue weighted by molar-refractivity contribution is 5.78. The molecule has 1 amide bonds. The molecule has 2 rings (SSSR count). The molecule has 0 radical (unpaired) electrons. The number of aliphatic hydroxyl groups is 1. The number of hydrogen-bond acceptors (Lipinski definition) is 2. The first-order valence-corrected chi connectivity index (χ1v) is 8.06. The Balaban J connectivity index is 1.69. The first-order chi connectivity index (χ1) is 9.20. The van der Waals surface area contributed by atoms with E-state index in [0.717, 1.165) is 38.1 Å². The Morgan fingerprint density at radius 2 is 1.68 bits per heavy atom. The largest absolute Gasteiger partial charge is 0.396 e. The summed E-state index contributed by atoms with van der Waals surface area (Å²) in [4.78, 5) is 14.3. The predicted octanol–water partition coefficient (Wildman–Crippen LogP) is 2.82. The van der Waals surface area contributed by atoms with Gasteiger partial charge in [0.25, 0.3) is 0 Å². The quantitative estimate of drug-likeness (QED) is 0.832. The Hall–Kier alpha value is -0.570. The van der Waals surface area contributed by atoms with Crippen LogP contribution in [0.2, 0.25) is 0 Å². The molecule has 2 aliphatic rings. The van der Waals surface area contributed by atoms with Crippen LogP contribution in [0.5, 0.6) is 0 Å². The standard InChI is InChI=1S/C16H29NO2/c1-17(11-10-13-4-2-3-5-13)16(19)15-8-6-14(12-18)7-9-15/h13-15,18H,2-12H2,1H3. The zero-order valence-corrected chi connectivity index (χ0v) is 12.3. The number of carbonyl (C=O) groups is 1. The first-order valence-electron chi connectivity index (χ1n) is 8.06. The lowest BCUT2D eigenvalue weighted by molar-refractivity contribution is -0.135. The molecule has 2 saturated carbocycles. The van der Waals surface area contributed by atoms with Crippen LogP contribution in [0.1, 0.15) is 57.8 Å². The molecular weight excluding hydrogens is 238 g/mol. The van der Waals surface area contributed by atoms with Gasteiger partial charge in [-0.25, -0.2) is 0 Å². The van der Waals surface area contributed by atoms with E-state index in [4.69, 9.17) is 5.11 Å². The summed E-state index contributed by atoms with van der Waals surface area (Å²) < 4.78 is 0. The van der Waals surface area contributed by atoms with Crippen LogP contribution in [-0.2, 0) is 4.79 Å². The highest BCUT2D eigenvalue weighted by Gasteiger charge is 2.28. The number of rotatable bonds is 5. The number of carbonyl (C=O) groups excluding carboxylic acids is 1. The number of nitrogens with zero attached hydrogens (tertiary/aromatic N) is 1. The minimum absolute atomic E-state index is 0.219. The van der Waals surface area contributed by atoms with Crippen LogP contribution in [0.15, 0.2) is 0 Å². The second-order valence-electron chi connectivity index (χ2n) is 6.60. The van der Waals surface area contributed by atoms with Gasteiger partial charge in [0, 0.05) is 26.1 Å². The summed E-state index contributed by atoms with van der Waals surface area (Å²) >= 11 is 0. The van der Waals surface area contributed by atoms with Gasteiger partial charge in [-0.05, 0) is 43.9 Å². The molecular formula is C16H29NO2. The second-order valence-corrected chi connectivity index (χ2v) is 6.60. The minimum atomic E-state index is 0.219. The van der Waals surface area contributed by atoms with Crippen molar-refractivity contribution in [3.05, 3.63) is 0 Å². The van der Waals surface area contributed by atoms with Crippen LogP contribution in [0, 0.1) is 17.8 Å². The van der Waals surface area contributed by atoms with E-state index in [1.807, 2.05) is 11.9 Å². The van der Waals surface area contributed by atoms with Crippen molar-refractivity contribution < 1.29 is 9.90 Å². The lowest BCUT2D eigenvalue weighted by Gasteiger charge is -2.30. The number of hydrogen-bond donors (Lipinski definition) is 1. The highest BCUT2D eigenvalue weighted by atomic mass is 16.3. The van der Waals surface area contributed by atoms with Crippen molar-refractivity contribution in [3.8, 4) is 0 Å². The van der Waals surface area contributed by atoms with Gasteiger partial charge < -0.3 is 10.0 Å². The zero-order valence-electron chi connectivity index (χ0n) is 12.3. The molecule has 1 N–H and O–H groups in total. The molecule has 0 aromatic carbocycles. The number of amides is 1. The molecule has 3 heteroatoms. The zero-order chi connectivity index (χ0) is 13.7. The molecule has 0 atom stereocenters. The molecule has 0 bridgehead atoms. The first kappa shape index (κ1) is 14.8. The minimum Gasteiger partial charge on any atom is -0.396 e. The molecule has 0 heterocycles. The predicted molar refractivity (Wildman–Crippen MR) is 76.7 cm³/mol. The van der Waals surface area contributed by atoms with E-state index in [9.17, 15) is 4.79 Å². The van der Waals surface area contributed by atoms with Crippen LogP contribution in [-0.4, -0.2) is 36.1 Å². The molecule has 0 aliphatic heterocycles. The molecule has 19 heavy (non-hydrogen) atoms. The maximum absolute atomic E-state index is 12.4. The monoisotopic (exact) mass is 267 g/mol. The van der Waals surface area contributed by atoms with E-state index in [1.165, 1.54) is 32.1 Å². The summed E-state index contributed by atoms with van der Waals surface area (Å²) in [5, 5.41) is 9.14. The van der Waals surface area contributed by atoms with Gasteiger partial charge in [0.05, 0.1) is 0 Å². The fourth-order valence-electron chi connectivity index (χ4n) is 3.69. The molecule has 0 aromatic heterocycles. The summed E-state index contributed by atoms with van der Waals surface area (Å²) in [5.41, 5.74) is 0.